The molecule has 1 atom stereocenters. The van der Waals surface area contributed by atoms with Crippen LogP contribution in [-0.2, 0) is 9.53 Å². The van der Waals surface area contributed by atoms with Gasteiger partial charge in [-0.2, -0.15) is 5.26 Å². The SMILES string of the molecule is CCC[C@H](C)NC(=O)COC(=O)c1ccccc1Sc1ccccc1C#N. The highest BCUT2D eigenvalue weighted by Gasteiger charge is 2.16. The van der Waals surface area contributed by atoms with Gasteiger partial charge in [0.25, 0.3) is 5.91 Å². The van der Waals surface area contributed by atoms with E-state index in [1.54, 1.807) is 30.3 Å². The fourth-order valence-electron chi connectivity index (χ4n) is 2.52. The van der Waals surface area contributed by atoms with Crippen molar-refractivity contribution in [1.82, 2.24) is 5.32 Å². The molecule has 140 valence electrons. The van der Waals surface area contributed by atoms with Crippen LogP contribution < -0.4 is 5.32 Å². The summed E-state index contributed by atoms with van der Waals surface area (Å²) in [6, 6.07) is 16.4. The fourth-order valence-corrected chi connectivity index (χ4v) is 3.54. The second-order valence-corrected chi connectivity index (χ2v) is 7.12. The highest BCUT2D eigenvalue weighted by Crippen LogP contribution is 2.32. The van der Waals surface area contributed by atoms with Crippen LogP contribution in [0.3, 0.4) is 0 Å². The van der Waals surface area contributed by atoms with Gasteiger partial charge in [-0.25, -0.2) is 4.79 Å². The molecular weight excluding hydrogens is 360 g/mol. The Hall–Kier alpha value is -2.78. The smallest absolute Gasteiger partial charge is 0.339 e. The van der Waals surface area contributed by atoms with Gasteiger partial charge in [0, 0.05) is 15.8 Å². The highest BCUT2D eigenvalue weighted by molar-refractivity contribution is 7.99. The van der Waals surface area contributed by atoms with Gasteiger partial charge in [-0.15, -0.1) is 0 Å². The van der Waals surface area contributed by atoms with E-state index >= 15 is 0 Å². The van der Waals surface area contributed by atoms with Gasteiger partial charge in [0.2, 0.25) is 0 Å². The lowest BCUT2D eigenvalue weighted by Crippen LogP contribution is -2.35. The molecule has 5 nitrogen and oxygen atoms in total. The van der Waals surface area contributed by atoms with Crippen molar-refractivity contribution in [1.29, 1.82) is 5.26 Å². The van der Waals surface area contributed by atoms with Crippen LogP contribution in [0.5, 0.6) is 0 Å². The van der Waals surface area contributed by atoms with Gasteiger partial charge < -0.3 is 10.1 Å². The van der Waals surface area contributed by atoms with Gasteiger partial charge >= 0.3 is 5.97 Å². The zero-order valence-electron chi connectivity index (χ0n) is 15.4. The molecule has 0 aliphatic carbocycles. The van der Waals surface area contributed by atoms with Crippen LogP contribution in [0.4, 0.5) is 0 Å². The lowest BCUT2D eigenvalue weighted by molar-refractivity contribution is -0.124. The third-order valence-electron chi connectivity index (χ3n) is 3.80. The summed E-state index contributed by atoms with van der Waals surface area (Å²) < 4.78 is 5.17. The summed E-state index contributed by atoms with van der Waals surface area (Å²) >= 11 is 1.32. The molecule has 0 spiro atoms. The monoisotopic (exact) mass is 382 g/mol. The lowest BCUT2D eigenvalue weighted by Gasteiger charge is -2.13. The van der Waals surface area contributed by atoms with Crippen LogP contribution in [0.15, 0.2) is 58.3 Å². The minimum Gasteiger partial charge on any atom is -0.452 e. The molecular formula is C21H22N2O3S. The summed E-state index contributed by atoms with van der Waals surface area (Å²) in [6.45, 7) is 3.64. The van der Waals surface area contributed by atoms with E-state index in [4.69, 9.17) is 4.74 Å². The highest BCUT2D eigenvalue weighted by atomic mass is 32.2. The Labute approximate surface area is 163 Å². The van der Waals surface area contributed by atoms with Gasteiger partial charge in [-0.1, -0.05) is 49.4 Å². The number of carbonyl (C=O) groups is 2. The standard InChI is InChI=1S/C21H22N2O3S/c1-3-8-15(2)23-20(24)14-26-21(25)17-10-5-7-12-19(17)27-18-11-6-4-9-16(18)13-22/h4-7,9-12,15H,3,8,14H2,1-2H3,(H,23,24)/t15-/m0/s1. The summed E-state index contributed by atoms with van der Waals surface area (Å²) in [5.41, 5.74) is 0.902. The largest absolute Gasteiger partial charge is 0.452 e. The number of benzene rings is 2. The maximum absolute atomic E-state index is 12.4. The number of nitriles is 1. The van der Waals surface area contributed by atoms with Crippen molar-refractivity contribution in [2.24, 2.45) is 0 Å². The van der Waals surface area contributed by atoms with Crippen LogP contribution in [0.2, 0.25) is 0 Å². The number of hydrogen-bond donors (Lipinski definition) is 1. The molecule has 0 saturated carbocycles. The van der Waals surface area contributed by atoms with Gasteiger partial charge in [0.1, 0.15) is 6.07 Å². The first-order valence-corrected chi connectivity index (χ1v) is 9.59. The average molecular weight is 382 g/mol. The van der Waals surface area contributed by atoms with Crippen LogP contribution in [0, 0.1) is 11.3 Å². The molecule has 0 heterocycles. The molecule has 0 aromatic heterocycles. The molecule has 0 fully saturated rings. The number of esters is 1. The first kappa shape index (κ1) is 20.5. The van der Waals surface area contributed by atoms with Gasteiger partial charge in [-0.05, 0) is 37.6 Å². The maximum atomic E-state index is 12.4. The predicted octanol–water partition coefficient (Wildman–Crippen LogP) is 4.17. The van der Waals surface area contributed by atoms with Gasteiger partial charge in [0.15, 0.2) is 6.61 Å². The van der Waals surface area contributed by atoms with E-state index < -0.39 is 5.97 Å². The molecule has 2 aromatic carbocycles. The number of carbonyl (C=O) groups excluding carboxylic acids is 2. The third kappa shape index (κ3) is 6.15. The van der Waals surface area contributed by atoms with E-state index in [1.165, 1.54) is 11.8 Å². The van der Waals surface area contributed by atoms with E-state index in [-0.39, 0.29) is 18.6 Å². The molecule has 0 aliphatic rings. The topological polar surface area (TPSA) is 79.2 Å². The van der Waals surface area contributed by atoms with Crippen molar-refractivity contribution in [2.75, 3.05) is 6.61 Å². The minimum absolute atomic E-state index is 0.0477. The Bertz CT molecular complexity index is 845. The van der Waals surface area contributed by atoms with Gasteiger partial charge in [0.05, 0.1) is 11.1 Å². The van der Waals surface area contributed by atoms with Crippen LogP contribution in [-0.4, -0.2) is 24.5 Å². The average Bonchev–Trinajstić information content (AvgIpc) is 2.67. The lowest BCUT2D eigenvalue weighted by atomic mass is 10.2. The van der Waals surface area contributed by atoms with E-state index in [9.17, 15) is 14.9 Å². The first-order chi connectivity index (χ1) is 13.0. The molecule has 0 unspecified atom stereocenters. The number of ether oxygens (including phenoxy) is 1. The molecule has 1 amide bonds. The molecule has 1 N–H and O–H groups in total. The van der Waals surface area contributed by atoms with E-state index in [1.807, 2.05) is 32.0 Å². The molecule has 27 heavy (non-hydrogen) atoms. The first-order valence-electron chi connectivity index (χ1n) is 8.77. The van der Waals surface area contributed by atoms with Crippen molar-refractivity contribution in [3.8, 4) is 6.07 Å². The van der Waals surface area contributed by atoms with Crippen LogP contribution in [0.25, 0.3) is 0 Å². The molecule has 2 aromatic rings. The maximum Gasteiger partial charge on any atom is 0.339 e. The number of rotatable bonds is 8. The van der Waals surface area contributed by atoms with Crippen molar-refractivity contribution in [3.05, 3.63) is 59.7 Å². The zero-order chi connectivity index (χ0) is 19.6. The summed E-state index contributed by atoms with van der Waals surface area (Å²) in [5, 5.41) is 12.0. The second kappa shape index (κ2) is 10.4. The molecule has 0 bridgehead atoms. The van der Waals surface area contributed by atoms with Crippen molar-refractivity contribution in [3.63, 3.8) is 0 Å². The minimum atomic E-state index is -0.564. The summed E-state index contributed by atoms with van der Waals surface area (Å²) in [5.74, 6) is -0.880. The Balaban J connectivity index is 2.05. The molecule has 2 rings (SSSR count). The Morgan fingerprint density at radius 3 is 2.52 bits per heavy atom. The van der Waals surface area contributed by atoms with Crippen LogP contribution in [0.1, 0.15) is 42.6 Å². The van der Waals surface area contributed by atoms with Crippen LogP contribution >= 0.6 is 11.8 Å². The zero-order valence-corrected chi connectivity index (χ0v) is 16.2. The van der Waals surface area contributed by atoms with Crippen molar-refractivity contribution >= 4 is 23.6 Å². The number of hydrogen-bond acceptors (Lipinski definition) is 5. The second-order valence-electron chi connectivity index (χ2n) is 6.04. The fraction of sp³-hybridized carbons (Fsp3) is 0.286. The Morgan fingerprint density at radius 2 is 1.81 bits per heavy atom. The molecule has 0 saturated heterocycles. The Morgan fingerprint density at radius 1 is 1.15 bits per heavy atom. The molecule has 0 aliphatic heterocycles. The normalized spacial score (nSPS) is 11.3. The summed E-state index contributed by atoms with van der Waals surface area (Å²) in [7, 11) is 0. The number of amides is 1. The Kier molecular flexibility index (Phi) is 7.90. The summed E-state index contributed by atoms with van der Waals surface area (Å²) in [6.07, 6.45) is 1.84. The van der Waals surface area contributed by atoms with Crippen molar-refractivity contribution < 1.29 is 14.3 Å². The predicted molar refractivity (Wildman–Crippen MR) is 105 cm³/mol. The molecule has 0 radical (unpaired) electrons. The number of nitrogens with one attached hydrogen (secondary N) is 1. The number of nitrogens with zero attached hydrogens (tertiary/aromatic N) is 1. The van der Waals surface area contributed by atoms with E-state index in [2.05, 4.69) is 11.4 Å². The van der Waals surface area contributed by atoms with E-state index in [0.29, 0.717) is 16.0 Å². The van der Waals surface area contributed by atoms with Gasteiger partial charge in [-0.3, -0.25) is 4.79 Å². The summed E-state index contributed by atoms with van der Waals surface area (Å²) in [4.78, 5) is 25.8. The van der Waals surface area contributed by atoms with Crippen molar-refractivity contribution in [2.45, 2.75) is 42.5 Å². The third-order valence-corrected chi connectivity index (χ3v) is 4.95. The molecule has 6 heteroatoms. The van der Waals surface area contributed by atoms with E-state index in [0.717, 1.165) is 17.7 Å². The quantitative estimate of drug-likeness (QED) is 0.693.